The maximum Gasteiger partial charge on any atom is 0.279 e. The van der Waals surface area contributed by atoms with Crippen LogP contribution < -0.4 is 15.0 Å². The van der Waals surface area contributed by atoms with Gasteiger partial charge < -0.3 is 15.0 Å². The van der Waals surface area contributed by atoms with Crippen LogP contribution in [0.5, 0.6) is 5.75 Å². The number of methoxy groups -OCH3 is 1. The van der Waals surface area contributed by atoms with E-state index < -0.39 is 10.0 Å². The number of carbonyl (C=O) groups is 1. The van der Waals surface area contributed by atoms with E-state index in [1.807, 2.05) is 6.92 Å². The van der Waals surface area contributed by atoms with Gasteiger partial charge in [0.25, 0.3) is 5.91 Å². The minimum atomic E-state index is -3.50. The summed E-state index contributed by atoms with van der Waals surface area (Å²) >= 11 is 6.08. The van der Waals surface area contributed by atoms with E-state index in [1.165, 1.54) is 11.4 Å². The Hall–Kier alpha value is -2.13. The van der Waals surface area contributed by atoms with Crippen LogP contribution in [0.4, 0.5) is 5.69 Å². The average Bonchev–Trinajstić information content (AvgIpc) is 2.69. The summed E-state index contributed by atoms with van der Waals surface area (Å²) in [7, 11) is -1.97. The van der Waals surface area contributed by atoms with Crippen molar-refractivity contribution in [2.75, 3.05) is 45.2 Å². The molecular formula is C20H25ClN3O4S+. The first-order valence-corrected chi connectivity index (χ1v) is 11.1. The molecule has 2 N–H and O–H groups in total. The van der Waals surface area contributed by atoms with Crippen molar-refractivity contribution in [1.82, 2.24) is 4.31 Å². The van der Waals surface area contributed by atoms with Gasteiger partial charge in [0.05, 0.1) is 43.2 Å². The van der Waals surface area contributed by atoms with Crippen molar-refractivity contribution in [2.45, 2.75) is 11.8 Å². The Morgan fingerprint density at radius 3 is 2.41 bits per heavy atom. The van der Waals surface area contributed by atoms with Crippen molar-refractivity contribution >= 4 is 33.2 Å². The van der Waals surface area contributed by atoms with E-state index in [1.54, 1.807) is 42.5 Å². The molecule has 1 aliphatic rings. The van der Waals surface area contributed by atoms with Gasteiger partial charge in [-0.2, -0.15) is 4.31 Å². The third kappa shape index (κ3) is 5.27. The molecule has 0 aromatic heterocycles. The van der Waals surface area contributed by atoms with Gasteiger partial charge in [-0.05, 0) is 37.3 Å². The first kappa shape index (κ1) is 21.6. The van der Waals surface area contributed by atoms with Gasteiger partial charge in [-0.15, -0.1) is 0 Å². The zero-order chi connectivity index (χ0) is 21.0. The number of carbonyl (C=O) groups excluding carboxylic acids is 1. The number of halogens is 1. The number of aryl methyl sites for hydroxylation is 1. The predicted molar refractivity (Wildman–Crippen MR) is 112 cm³/mol. The Morgan fingerprint density at radius 1 is 1.17 bits per heavy atom. The van der Waals surface area contributed by atoms with Gasteiger partial charge in [-0.1, -0.05) is 29.3 Å². The second-order valence-electron chi connectivity index (χ2n) is 7.04. The van der Waals surface area contributed by atoms with Gasteiger partial charge in [0.1, 0.15) is 5.75 Å². The summed E-state index contributed by atoms with van der Waals surface area (Å²) in [6, 6.07) is 11.9. The van der Waals surface area contributed by atoms with Crippen LogP contribution in [0.2, 0.25) is 5.02 Å². The molecule has 156 valence electrons. The van der Waals surface area contributed by atoms with E-state index in [2.05, 4.69) is 5.32 Å². The molecular weight excluding hydrogens is 414 g/mol. The number of benzene rings is 2. The van der Waals surface area contributed by atoms with Gasteiger partial charge in [0, 0.05) is 5.69 Å². The Morgan fingerprint density at radius 2 is 1.83 bits per heavy atom. The SMILES string of the molecule is COc1ccc(NC(=O)C[NH+]2CCN(S(=O)(=O)c3ccc(C)cc3)CC2)cc1Cl. The molecule has 1 aliphatic heterocycles. The molecule has 7 nitrogen and oxygen atoms in total. The minimum Gasteiger partial charge on any atom is -0.495 e. The standard InChI is InChI=1S/C20H24ClN3O4S/c1-15-3-6-17(7-4-15)29(26,27)24-11-9-23(10-12-24)14-20(25)22-16-5-8-19(28-2)18(21)13-16/h3-8,13H,9-12,14H2,1-2H3,(H,22,25)/p+1. The number of piperazine rings is 1. The van der Waals surface area contributed by atoms with Crippen LogP contribution in [-0.4, -0.2) is 58.5 Å². The van der Waals surface area contributed by atoms with Crippen LogP contribution >= 0.6 is 11.6 Å². The van der Waals surface area contributed by atoms with Crippen LogP contribution in [0.15, 0.2) is 47.4 Å². The Kier molecular flexibility index (Phi) is 6.79. The Labute approximate surface area is 176 Å². The molecule has 1 amide bonds. The lowest BCUT2D eigenvalue weighted by Crippen LogP contribution is -3.15. The number of nitrogens with one attached hydrogen (secondary N) is 2. The molecule has 0 saturated carbocycles. The maximum atomic E-state index is 12.8. The molecule has 2 aromatic rings. The highest BCUT2D eigenvalue weighted by Gasteiger charge is 2.31. The number of nitrogens with zero attached hydrogens (tertiary/aromatic N) is 1. The van der Waals surface area contributed by atoms with E-state index in [4.69, 9.17) is 16.3 Å². The number of anilines is 1. The summed E-state index contributed by atoms with van der Waals surface area (Å²) in [6.07, 6.45) is 0. The van der Waals surface area contributed by atoms with E-state index >= 15 is 0 Å². The Bertz CT molecular complexity index is 972. The minimum absolute atomic E-state index is 0.143. The number of ether oxygens (including phenoxy) is 1. The van der Waals surface area contributed by atoms with Gasteiger partial charge in [0.15, 0.2) is 6.54 Å². The van der Waals surface area contributed by atoms with Crippen LogP contribution in [-0.2, 0) is 14.8 Å². The summed E-state index contributed by atoms with van der Waals surface area (Å²) in [4.78, 5) is 13.7. The fraction of sp³-hybridized carbons (Fsp3) is 0.350. The predicted octanol–water partition coefficient (Wildman–Crippen LogP) is 1.18. The highest BCUT2D eigenvalue weighted by atomic mass is 35.5. The van der Waals surface area contributed by atoms with Crippen molar-refractivity contribution < 1.29 is 22.8 Å². The number of amides is 1. The summed E-state index contributed by atoms with van der Waals surface area (Å²) in [6.45, 7) is 4.09. The molecule has 29 heavy (non-hydrogen) atoms. The van der Waals surface area contributed by atoms with E-state index in [9.17, 15) is 13.2 Å². The van der Waals surface area contributed by atoms with Crippen LogP contribution in [0.3, 0.4) is 0 Å². The summed E-state index contributed by atoms with van der Waals surface area (Å²) in [5, 5.41) is 3.25. The smallest absolute Gasteiger partial charge is 0.279 e. The van der Waals surface area contributed by atoms with Crippen molar-refractivity contribution in [2.24, 2.45) is 0 Å². The average molecular weight is 439 g/mol. The van der Waals surface area contributed by atoms with Crippen molar-refractivity contribution in [3.05, 3.63) is 53.1 Å². The zero-order valence-electron chi connectivity index (χ0n) is 16.4. The first-order chi connectivity index (χ1) is 13.8. The van der Waals surface area contributed by atoms with Crippen LogP contribution in [0.25, 0.3) is 0 Å². The second kappa shape index (κ2) is 9.13. The number of sulfonamides is 1. The molecule has 0 unspecified atom stereocenters. The molecule has 1 saturated heterocycles. The van der Waals surface area contributed by atoms with E-state index in [0.717, 1.165) is 10.5 Å². The summed E-state index contributed by atoms with van der Waals surface area (Å²) in [5.41, 5.74) is 1.61. The van der Waals surface area contributed by atoms with Crippen molar-refractivity contribution in [1.29, 1.82) is 0 Å². The zero-order valence-corrected chi connectivity index (χ0v) is 18.0. The molecule has 0 radical (unpaired) electrons. The Balaban J connectivity index is 1.53. The molecule has 0 bridgehead atoms. The molecule has 1 heterocycles. The topological polar surface area (TPSA) is 80.2 Å². The van der Waals surface area contributed by atoms with Gasteiger partial charge in [0.2, 0.25) is 10.0 Å². The number of hydrogen-bond donors (Lipinski definition) is 2. The van der Waals surface area contributed by atoms with Gasteiger partial charge in [-0.25, -0.2) is 8.42 Å². The highest BCUT2D eigenvalue weighted by Crippen LogP contribution is 2.27. The lowest BCUT2D eigenvalue weighted by atomic mass is 10.2. The molecule has 2 aromatic carbocycles. The molecule has 0 atom stereocenters. The van der Waals surface area contributed by atoms with Crippen molar-refractivity contribution in [3.63, 3.8) is 0 Å². The third-order valence-electron chi connectivity index (χ3n) is 4.93. The van der Waals surface area contributed by atoms with E-state index in [0.29, 0.717) is 47.5 Å². The molecule has 0 aliphatic carbocycles. The van der Waals surface area contributed by atoms with E-state index in [-0.39, 0.29) is 12.5 Å². The molecule has 0 spiro atoms. The molecule has 3 rings (SSSR count). The number of quaternary nitrogens is 1. The van der Waals surface area contributed by atoms with Crippen LogP contribution in [0, 0.1) is 6.92 Å². The monoisotopic (exact) mass is 438 g/mol. The van der Waals surface area contributed by atoms with Gasteiger partial charge in [-0.3, -0.25) is 4.79 Å². The highest BCUT2D eigenvalue weighted by molar-refractivity contribution is 7.89. The fourth-order valence-corrected chi connectivity index (χ4v) is 4.95. The lowest BCUT2D eigenvalue weighted by molar-refractivity contribution is -0.895. The largest absolute Gasteiger partial charge is 0.495 e. The molecule has 9 heteroatoms. The van der Waals surface area contributed by atoms with Gasteiger partial charge >= 0.3 is 0 Å². The quantitative estimate of drug-likeness (QED) is 0.710. The van der Waals surface area contributed by atoms with Crippen LogP contribution in [0.1, 0.15) is 5.56 Å². The normalized spacial score (nSPS) is 15.8. The first-order valence-electron chi connectivity index (χ1n) is 9.33. The lowest BCUT2D eigenvalue weighted by Gasteiger charge is -2.31. The maximum absolute atomic E-state index is 12.8. The molecule has 1 fully saturated rings. The summed E-state index contributed by atoms with van der Waals surface area (Å²) in [5.74, 6) is 0.400. The number of rotatable bonds is 6. The number of hydrogen-bond acceptors (Lipinski definition) is 4. The van der Waals surface area contributed by atoms with Crippen molar-refractivity contribution in [3.8, 4) is 5.75 Å². The second-order valence-corrected chi connectivity index (χ2v) is 9.39. The third-order valence-corrected chi connectivity index (χ3v) is 7.14. The fourth-order valence-electron chi connectivity index (χ4n) is 3.26. The summed E-state index contributed by atoms with van der Waals surface area (Å²) < 4.78 is 32.1.